The number of rotatable bonds is 7. The molecule has 0 aliphatic heterocycles. The number of para-hydroxylation sites is 1. The molecule has 212 valence electrons. The average molecular weight is 573 g/mol. The normalized spacial score (nSPS) is 15.3. The number of sulfone groups is 1. The second kappa shape index (κ2) is 11.8. The molecule has 0 saturated heterocycles. The van der Waals surface area contributed by atoms with Crippen LogP contribution in [0.1, 0.15) is 65.2 Å². The highest BCUT2D eigenvalue weighted by atomic mass is 32.2. The fourth-order valence-corrected chi connectivity index (χ4v) is 5.95. The number of carbonyl (C=O) groups is 2. The van der Waals surface area contributed by atoms with E-state index in [9.17, 15) is 31.2 Å². The molecule has 2 amide bonds. The molecular formula is C30H31F3N2O4S. The third kappa shape index (κ3) is 6.06. The monoisotopic (exact) mass is 572 g/mol. The molecule has 0 aromatic heterocycles. The SMILES string of the molecule is Cc1cccc(C)c1NC(=O)[C@@H](c1ccc(S(=O)(=O)C(F)(F)F)cc1)N(C(=O)c1ccccc1)C1CCCCC1. The van der Waals surface area contributed by atoms with Crippen molar-refractivity contribution >= 4 is 27.3 Å². The number of benzene rings is 3. The molecule has 1 saturated carbocycles. The Hall–Kier alpha value is -3.66. The van der Waals surface area contributed by atoms with Gasteiger partial charge in [-0.2, -0.15) is 13.2 Å². The van der Waals surface area contributed by atoms with Crippen LogP contribution in [0.2, 0.25) is 0 Å². The third-order valence-corrected chi connectivity index (χ3v) is 8.79. The Morgan fingerprint density at radius 1 is 0.850 bits per heavy atom. The van der Waals surface area contributed by atoms with Crippen LogP contribution in [0.25, 0.3) is 0 Å². The van der Waals surface area contributed by atoms with Gasteiger partial charge in [0.2, 0.25) is 0 Å². The molecule has 3 aromatic carbocycles. The molecule has 0 heterocycles. The number of nitrogens with zero attached hydrogens (tertiary/aromatic N) is 1. The Kier molecular flexibility index (Phi) is 8.68. The Morgan fingerprint density at radius 2 is 1.43 bits per heavy atom. The van der Waals surface area contributed by atoms with Gasteiger partial charge in [0.15, 0.2) is 0 Å². The fraction of sp³-hybridized carbons (Fsp3) is 0.333. The van der Waals surface area contributed by atoms with Gasteiger partial charge < -0.3 is 10.2 Å². The van der Waals surface area contributed by atoms with Gasteiger partial charge in [-0.05, 0) is 67.6 Å². The minimum atomic E-state index is -5.58. The molecule has 4 rings (SSSR count). The largest absolute Gasteiger partial charge is 0.501 e. The lowest BCUT2D eigenvalue weighted by Crippen LogP contribution is -2.48. The number of hydrogen-bond donors (Lipinski definition) is 1. The first-order valence-corrected chi connectivity index (χ1v) is 14.6. The summed E-state index contributed by atoms with van der Waals surface area (Å²) >= 11 is 0. The number of aryl methyl sites for hydroxylation is 2. The molecule has 1 fully saturated rings. The zero-order chi connectivity index (χ0) is 29.1. The molecule has 1 aliphatic rings. The van der Waals surface area contributed by atoms with Gasteiger partial charge in [0.25, 0.3) is 21.7 Å². The molecule has 10 heteroatoms. The van der Waals surface area contributed by atoms with Crippen LogP contribution < -0.4 is 5.32 Å². The first-order chi connectivity index (χ1) is 18.9. The van der Waals surface area contributed by atoms with E-state index in [-0.39, 0.29) is 17.5 Å². The van der Waals surface area contributed by atoms with Crippen LogP contribution >= 0.6 is 0 Å². The third-order valence-electron chi connectivity index (χ3n) is 7.29. The predicted octanol–water partition coefficient (Wildman–Crippen LogP) is 6.75. The number of anilines is 1. The summed E-state index contributed by atoms with van der Waals surface area (Å²) in [4.78, 5) is 28.7. The second-order valence-corrected chi connectivity index (χ2v) is 12.0. The summed E-state index contributed by atoms with van der Waals surface area (Å²) in [5.74, 6) is -0.931. The van der Waals surface area contributed by atoms with Gasteiger partial charge in [0.1, 0.15) is 6.04 Å². The van der Waals surface area contributed by atoms with Gasteiger partial charge in [-0.15, -0.1) is 0 Å². The van der Waals surface area contributed by atoms with Gasteiger partial charge in [0, 0.05) is 17.3 Å². The van der Waals surface area contributed by atoms with Crippen LogP contribution in [-0.2, 0) is 14.6 Å². The highest BCUT2D eigenvalue weighted by Gasteiger charge is 2.47. The molecule has 0 spiro atoms. The number of alkyl halides is 3. The molecule has 0 bridgehead atoms. The van der Waals surface area contributed by atoms with E-state index in [0.29, 0.717) is 24.1 Å². The number of amides is 2. The smallest absolute Gasteiger partial charge is 0.323 e. The lowest BCUT2D eigenvalue weighted by atomic mass is 9.90. The minimum Gasteiger partial charge on any atom is -0.323 e. The zero-order valence-corrected chi connectivity index (χ0v) is 23.1. The van der Waals surface area contributed by atoms with Crippen molar-refractivity contribution < 1.29 is 31.2 Å². The summed E-state index contributed by atoms with van der Waals surface area (Å²) in [5.41, 5.74) is -2.71. The molecular weight excluding hydrogens is 541 g/mol. The number of halogens is 3. The molecule has 6 nitrogen and oxygen atoms in total. The van der Waals surface area contributed by atoms with Crippen molar-refractivity contribution in [2.45, 2.75) is 68.4 Å². The van der Waals surface area contributed by atoms with Gasteiger partial charge in [0.05, 0.1) is 4.90 Å². The maximum Gasteiger partial charge on any atom is 0.501 e. The van der Waals surface area contributed by atoms with Crippen LogP contribution in [0.4, 0.5) is 18.9 Å². The maximum atomic E-state index is 14.1. The molecule has 1 N–H and O–H groups in total. The van der Waals surface area contributed by atoms with Gasteiger partial charge in [-0.1, -0.05) is 67.8 Å². The van der Waals surface area contributed by atoms with E-state index < -0.39 is 32.2 Å². The van der Waals surface area contributed by atoms with Crippen LogP contribution in [0.5, 0.6) is 0 Å². The summed E-state index contributed by atoms with van der Waals surface area (Å²) < 4.78 is 63.5. The minimum absolute atomic E-state index is 0.208. The van der Waals surface area contributed by atoms with Gasteiger partial charge in [-0.3, -0.25) is 9.59 Å². The Labute approximate surface area is 232 Å². The van der Waals surface area contributed by atoms with Crippen LogP contribution in [0, 0.1) is 13.8 Å². The van der Waals surface area contributed by atoms with E-state index in [4.69, 9.17) is 0 Å². The Bertz CT molecular complexity index is 1450. The van der Waals surface area contributed by atoms with Crippen molar-refractivity contribution in [3.8, 4) is 0 Å². The van der Waals surface area contributed by atoms with Crippen molar-refractivity contribution in [2.24, 2.45) is 0 Å². The van der Waals surface area contributed by atoms with E-state index >= 15 is 0 Å². The van der Waals surface area contributed by atoms with Gasteiger partial charge >= 0.3 is 5.51 Å². The summed E-state index contributed by atoms with van der Waals surface area (Å²) in [6.07, 6.45) is 4.03. The molecule has 1 atom stereocenters. The maximum absolute atomic E-state index is 14.1. The predicted molar refractivity (Wildman–Crippen MR) is 146 cm³/mol. The van der Waals surface area contributed by atoms with E-state index in [0.717, 1.165) is 42.5 Å². The second-order valence-electron chi connectivity index (χ2n) is 10.0. The van der Waals surface area contributed by atoms with Crippen molar-refractivity contribution in [3.05, 3.63) is 95.1 Å². The topological polar surface area (TPSA) is 83.6 Å². The van der Waals surface area contributed by atoms with E-state index in [1.165, 1.54) is 17.0 Å². The highest BCUT2D eigenvalue weighted by Crippen LogP contribution is 2.36. The zero-order valence-electron chi connectivity index (χ0n) is 22.2. The van der Waals surface area contributed by atoms with Crippen molar-refractivity contribution in [2.75, 3.05) is 5.32 Å². The summed E-state index contributed by atoms with van der Waals surface area (Å²) in [7, 11) is -5.58. The molecule has 3 aromatic rings. The number of carbonyl (C=O) groups excluding carboxylic acids is 2. The van der Waals surface area contributed by atoms with E-state index in [1.54, 1.807) is 30.3 Å². The first kappa shape index (κ1) is 29.3. The molecule has 0 unspecified atom stereocenters. The van der Waals surface area contributed by atoms with E-state index in [1.807, 2.05) is 32.0 Å². The number of hydrogen-bond acceptors (Lipinski definition) is 4. The van der Waals surface area contributed by atoms with Crippen LogP contribution in [-0.4, -0.2) is 36.7 Å². The average Bonchev–Trinajstić information content (AvgIpc) is 2.93. The lowest BCUT2D eigenvalue weighted by Gasteiger charge is -2.40. The molecule has 0 radical (unpaired) electrons. The van der Waals surface area contributed by atoms with Gasteiger partial charge in [-0.25, -0.2) is 8.42 Å². The van der Waals surface area contributed by atoms with Crippen molar-refractivity contribution in [1.82, 2.24) is 4.90 Å². The van der Waals surface area contributed by atoms with Crippen LogP contribution in [0.3, 0.4) is 0 Å². The summed E-state index contributed by atoms with van der Waals surface area (Å²) in [6, 6.07) is 16.5. The fourth-order valence-electron chi connectivity index (χ4n) is 5.19. The summed E-state index contributed by atoms with van der Waals surface area (Å²) in [6.45, 7) is 3.67. The quantitative estimate of drug-likeness (QED) is 0.339. The van der Waals surface area contributed by atoms with Crippen LogP contribution in [0.15, 0.2) is 77.7 Å². The number of nitrogens with one attached hydrogen (secondary N) is 1. The highest BCUT2D eigenvalue weighted by molar-refractivity contribution is 7.92. The standard InChI is InChI=1S/C30H31F3N2O4S/c1-20-10-9-11-21(2)26(20)34-28(36)27(22-16-18-25(19-17-22)40(38,39)30(31,32)33)35(24-14-7-4-8-15-24)29(37)23-12-5-3-6-13-23/h3,5-6,9-13,16-19,24,27H,4,7-8,14-15H2,1-2H3,(H,34,36)/t27-/m1/s1. The summed E-state index contributed by atoms with van der Waals surface area (Å²) in [5, 5.41) is 2.94. The van der Waals surface area contributed by atoms with Crippen molar-refractivity contribution in [3.63, 3.8) is 0 Å². The molecule has 40 heavy (non-hydrogen) atoms. The molecule has 1 aliphatic carbocycles. The Morgan fingerprint density at radius 3 is 1.98 bits per heavy atom. The van der Waals surface area contributed by atoms with Crippen molar-refractivity contribution in [1.29, 1.82) is 0 Å². The Balaban J connectivity index is 1.84. The van der Waals surface area contributed by atoms with E-state index in [2.05, 4.69) is 5.32 Å². The first-order valence-electron chi connectivity index (χ1n) is 13.1. The lowest BCUT2D eigenvalue weighted by molar-refractivity contribution is -0.121.